The number of aliphatic imine (C=N–C) groups is 1. The minimum atomic E-state index is -0.771. The molecule has 2 aliphatic heterocycles. The van der Waals surface area contributed by atoms with Gasteiger partial charge in [-0.05, 0) is 60.4 Å². The zero-order chi connectivity index (χ0) is 18.7. The standard InChI is InChI=1S/C20H26N2O4/c1-13(23)22-8-6-14(11-20(24)25)16(12-22)10-19-18-4-3-17(26-2)9-15(18)5-7-21-19/h3-4,9,14,16H,5-8,10-12H2,1-2H3,(H,24,25)/t14-,16-/m0/s1. The number of piperidine rings is 1. The van der Waals surface area contributed by atoms with Crippen molar-refractivity contribution in [3.63, 3.8) is 0 Å². The number of carbonyl (C=O) groups excluding carboxylic acids is 1. The van der Waals surface area contributed by atoms with Gasteiger partial charge < -0.3 is 14.7 Å². The second kappa shape index (κ2) is 7.89. The van der Waals surface area contributed by atoms with Crippen molar-refractivity contribution in [2.75, 3.05) is 26.7 Å². The number of ether oxygens (including phenoxy) is 1. The van der Waals surface area contributed by atoms with Gasteiger partial charge in [0.25, 0.3) is 0 Å². The van der Waals surface area contributed by atoms with E-state index >= 15 is 0 Å². The average Bonchev–Trinajstić information content (AvgIpc) is 2.62. The predicted molar refractivity (Wildman–Crippen MR) is 98.8 cm³/mol. The fourth-order valence-electron chi connectivity index (χ4n) is 4.10. The Bertz CT molecular complexity index is 729. The number of aliphatic carboxylic acids is 1. The summed E-state index contributed by atoms with van der Waals surface area (Å²) in [6.45, 7) is 3.57. The van der Waals surface area contributed by atoms with Crippen LogP contribution in [0.3, 0.4) is 0 Å². The summed E-state index contributed by atoms with van der Waals surface area (Å²) < 4.78 is 5.32. The van der Waals surface area contributed by atoms with Gasteiger partial charge in [0.1, 0.15) is 5.75 Å². The Balaban J connectivity index is 1.81. The predicted octanol–water partition coefficient (Wildman–Crippen LogP) is 2.39. The number of fused-ring (bicyclic) bond motifs is 1. The third-order valence-electron chi connectivity index (χ3n) is 5.54. The molecule has 0 radical (unpaired) electrons. The Morgan fingerprint density at radius 3 is 2.85 bits per heavy atom. The van der Waals surface area contributed by atoms with Gasteiger partial charge in [-0.2, -0.15) is 0 Å². The van der Waals surface area contributed by atoms with Crippen LogP contribution in [-0.4, -0.2) is 54.3 Å². The molecule has 2 atom stereocenters. The van der Waals surface area contributed by atoms with E-state index in [9.17, 15) is 14.7 Å². The van der Waals surface area contributed by atoms with Gasteiger partial charge in [-0.3, -0.25) is 14.6 Å². The summed E-state index contributed by atoms with van der Waals surface area (Å²) in [6.07, 6.45) is 2.48. The number of hydrogen-bond acceptors (Lipinski definition) is 4. The van der Waals surface area contributed by atoms with Gasteiger partial charge >= 0.3 is 5.97 Å². The number of carboxylic acids is 1. The van der Waals surface area contributed by atoms with E-state index in [0.29, 0.717) is 19.5 Å². The van der Waals surface area contributed by atoms with Gasteiger partial charge in [0, 0.05) is 38.7 Å². The van der Waals surface area contributed by atoms with Crippen LogP contribution in [0.4, 0.5) is 0 Å². The molecule has 1 saturated heterocycles. The minimum absolute atomic E-state index is 0.0551. The molecule has 1 N–H and O–H groups in total. The summed E-state index contributed by atoms with van der Waals surface area (Å²) >= 11 is 0. The van der Waals surface area contributed by atoms with E-state index in [1.165, 1.54) is 5.56 Å². The van der Waals surface area contributed by atoms with Crippen molar-refractivity contribution >= 4 is 17.6 Å². The van der Waals surface area contributed by atoms with Crippen LogP contribution < -0.4 is 4.74 Å². The number of methoxy groups -OCH3 is 1. The summed E-state index contributed by atoms with van der Waals surface area (Å²) in [4.78, 5) is 29.6. The first-order valence-electron chi connectivity index (χ1n) is 9.16. The molecule has 3 rings (SSSR count). The van der Waals surface area contributed by atoms with E-state index in [1.807, 2.05) is 17.0 Å². The highest BCUT2D eigenvalue weighted by Gasteiger charge is 2.33. The molecule has 6 heteroatoms. The number of likely N-dealkylation sites (tertiary alicyclic amines) is 1. The molecule has 0 bridgehead atoms. The van der Waals surface area contributed by atoms with Gasteiger partial charge in [-0.1, -0.05) is 0 Å². The number of benzene rings is 1. The maximum atomic E-state index is 11.8. The Morgan fingerprint density at radius 1 is 1.35 bits per heavy atom. The maximum Gasteiger partial charge on any atom is 0.303 e. The molecular weight excluding hydrogens is 332 g/mol. The first-order chi connectivity index (χ1) is 12.5. The minimum Gasteiger partial charge on any atom is -0.497 e. The second-order valence-corrected chi connectivity index (χ2v) is 7.18. The number of carboxylic acid groups (broad SMARTS) is 1. The Morgan fingerprint density at radius 2 is 2.15 bits per heavy atom. The Kier molecular flexibility index (Phi) is 5.59. The lowest BCUT2D eigenvalue weighted by atomic mass is 9.78. The Hall–Kier alpha value is -2.37. The third kappa shape index (κ3) is 4.06. The monoisotopic (exact) mass is 358 g/mol. The summed E-state index contributed by atoms with van der Waals surface area (Å²) in [7, 11) is 1.66. The summed E-state index contributed by atoms with van der Waals surface area (Å²) in [5.74, 6) is 0.325. The van der Waals surface area contributed by atoms with Crippen molar-refractivity contribution in [1.82, 2.24) is 4.90 Å². The number of carbonyl (C=O) groups is 2. The molecule has 0 aliphatic carbocycles. The molecule has 2 heterocycles. The van der Waals surface area contributed by atoms with Crippen LogP contribution in [0.15, 0.2) is 23.2 Å². The number of hydrogen-bond donors (Lipinski definition) is 1. The normalized spacial score (nSPS) is 22.4. The van der Waals surface area contributed by atoms with Gasteiger partial charge in [0.05, 0.1) is 7.11 Å². The van der Waals surface area contributed by atoms with E-state index in [2.05, 4.69) is 6.07 Å². The van der Waals surface area contributed by atoms with E-state index in [4.69, 9.17) is 9.73 Å². The van der Waals surface area contributed by atoms with Crippen molar-refractivity contribution in [3.05, 3.63) is 29.3 Å². The topological polar surface area (TPSA) is 79.2 Å². The summed E-state index contributed by atoms with van der Waals surface area (Å²) in [5, 5.41) is 9.26. The summed E-state index contributed by atoms with van der Waals surface area (Å²) in [5.41, 5.74) is 3.38. The van der Waals surface area contributed by atoms with Crippen molar-refractivity contribution < 1.29 is 19.4 Å². The van der Waals surface area contributed by atoms with Crippen LogP contribution in [0.1, 0.15) is 37.3 Å². The van der Waals surface area contributed by atoms with Crippen LogP contribution >= 0.6 is 0 Å². The lowest BCUT2D eigenvalue weighted by Crippen LogP contribution is -2.44. The van der Waals surface area contributed by atoms with Crippen molar-refractivity contribution in [2.24, 2.45) is 16.8 Å². The molecule has 140 valence electrons. The molecular formula is C20H26N2O4. The van der Waals surface area contributed by atoms with Crippen LogP contribution in [0, 0.1) is 11.8 Å². The SMILES string of the molecule is COc1ccc2c(c1)CCN=C2C[C@H]1CN(C(C)=O)CC[C@H]1CC(=O)O. The third-order valence-corrected chi connectivity index (χ3v) is 5.54. The highest BCUT2D eigenvalue weighted by Crippen LogP contribution is 2.32. The van der Waals surface area contributed by atoms with Crippen molar-refractivity contribution in [3.8, 4) is 5.75 Å². The fraction of sp³-hybridized carbons (Fsp3) is 0.550. The van der Waals surface area contributed by atoms with Gasteiger partial charge in [-0.15, -0.1) is 0 Å². The molecule has 1 fully saturated rings. The zero-order valence-corrected chi connectivity index (χ0v) is 15.4. The molecule has 1 aromatic rings. The smallest absolute Gasteiger partial charge is 0.303 e. The van der Waals surface area contributed by atoms with Crippen LogP contribution in [0.2, 0.25) is 0 Å². The first-order valence-corrected chi connectivity index (χ1v) is 9.16. The summed E-state index contributed by atoms with van der Waals surface area (Å²) in [6, 6.07) is 6.04. The van der Waals surface area contributed by atoms with Crippen molar-refractivity contribution in [2.45, 2.75) is 32.6 Å². The molecule has 0 aromatic heterocycles. The average molecular weight is 358 g/mol. The number of nitrogens with zero attached hydrogens (tertiary/aromatic N) is 2. The van der Waals surface area contributed by atoms with Crippen molar-refractivity contribution in [1.29, 1.82) is 0 Å². The van der Waals surface area contributed by atoms with Gasteiger partial charge in [0.2, 0.25) is 5.91 Å². The Labute approximate surface area is 153 Å². The lowest BCUT2D eigenvalue weighted by molar-refractivity contribution is -0.139. The molecule has 0 spiro atoms. The molecule has 0 unspecified atom stereocenters. The van der Waals surface area contributed by atoms with E-state index in [0.717, 1.165) is 36.4 Å². The first kappa shape index (κ1) is 18.4. The number of rotatable bonds is 5. The molecule has 1 aromatic carbocycles. The second-order valence-electron chi connectivity index (χ2n) is 7.18. The van der Waals surface area contributed by atoms with Gasteiger partial charge in [-0.25, -0.2) is 0 Å². The van der Waals surface area contributed by atoms with E-state index < -0.39 is 5.97 Å². The van der Waals surface area contributed by atoms with Gasteiger partial charge in [0.15, 0.2) is 0 Å². The molecule has 0 saturated carbocycles. The number of amides is 1. The maximum absolute atomic E-state index is 11.8. The fourth-order valence-corrected chi connectivity index (χ4v) is 4.10. The van der Waals surface area contributed by atoms with E-state index in [1.54, 1.807) is 14.0 Å². The molecule has 6 nitrogen and oxygen atoms in total. The highest BCUT2D eigenvalue weighted by atomic mass is 16.5. The lowest BCUT2D eigenvalue weighted by Gasteiger charge is -2.38. The molecule has 26 heavy (non-hydrogen) atoms. The van der Waals surface area contributed by atoms with Crippen LogP contribution in [0.5, 0.6) is 5.75 Å². The van der Waals surface area contributed by atoms with Crippen LogP contribution in [0.25, 0.3) is 0 Å². The van der Waals surface area contributed by atoms with Crippen LogP contribution in [-0.2, 0) is 16.0 Å². The highest BCUT2D eigenvalue weighted by molar-refractivity contribution is 6.03. The quantitative estimate of drug-likeness (QED) is 0.876. The van der Waals surface area contributed by atoms with E-state index in [-0.39, 0.29) is 24.2 Å². The molecule has 2 aliphatic rings. The largest absolute Gasteiger partial charge is 0.497 e. The molecule has 1 amide bonds. The zero-order valence-electron chi connectivity index (χ0n) is 15.4.